The molecular weight excluding hydrogens is 356 g/mol. The highest BCUT2D eigenvalue weighted by molar-refractivity contribution is 5.89. The summed E-state index contributed by atoms with van der Waals surface area (Å²) in [6, 6.07) is 8.29. The molecule has 1 atom stereocenters. The lowest BCUT2D eigenvalue weighted by atomic mass is 10.1. The molecule has 2 aromatic carbocycles. The Kier molecular flexibility index (Phi) is 6.27. The highest BCUT2D eigenvalue weighted by atomic mass is 16.6. The standard InChI is InChI=1S/C19H18O8/c1-26-16-6-3-11(8-15(16)22)4-7-18(23)27-17(19(24)25)10-12-2-5-13(20)14(21)9-12/h2-9,17,20-22H,10H2,1H3,(H,24,25)/b7-4+/t17-/m1/s1. The largest absolute Gasteiger partial charge is 0.504 e. The van der Waals surface area contributed by atoms with Crippen LogP contribution in [0.15, 0.2) is 42.5 Å². The molecule has 0 amide bonds. The Morgan fingerprint density at radius 1 is 1.04 bits per heavy atom. The first kappa shape index (κ1) is 19.6. The van der Waals surface area contributed by atoms with Gasteiger partial charge in [0.15, 0.2) is 23.0 Å². The van der Waals surface area contributed by atoms with Gasteiger partial charge in [0.2, 0.25) is 6.10 Å². The van der Waals surface area contributed by atoms with E-state index < -0.39 is 23.8 Å². The van der Waals surface area contributed by atoms with Crippen molar-refractivity contribution in [2.45, 2.75) is 12.5 Å². The second-order valence-corrected chi connectivity index (χ2v) is 5.56. The molecule has 0 aliphatic carbocycles. The van der Waals surface area contributed by atoms with Gasteiger partial charge in [0.25, 0.3) is 0 Å². The number of phenols is 3. The number of benzene rings is 2. The molecule has 2 rings (SSSR count). The van der Waals surface area contributed by atoms with Gasteiger partial charge in [0, 0.05) is 12.5 Å². The number of methoxy groups -OCH3 is 1. The fourth-order valence-electron chi connectivity index (χ4n) is 2.24. The van der Waals surface area contributed by atoms with Gasteiger partial charge in [-0.3, -0.25) is 0 Å². The van der Waals surface area contributed by atoms with E-state index in [4.69, 9.17) is 9.47 Å². The summed E-state index contributed by atoms with van der Waals surface area (Å²) in [4.78, 5) is 23.2. The lowest BCUT2D eigenvalue weighted by Crippen LogP contribution is -2.28. The van der Waals surface area contributed by atoms with Crippen LogP contribution in [0.4, 0.5) is 0 Å². The van der Waals surface area contributed by atoms with Crippen molar-refractivity contribution in [3.63, 3.8) is 0 Å². The average molecular weight is 374 g/mol. The normalized spacial score (nSPS) is 11.9. The molecule has 0 spiro atoms. The molecule has 0 aliphatic rings. The number of esters is 1. The van der Waals surface area contributed by atoms with E-state index in [9.17, 15) is 30.0 Å². The number of aliphatic carboxylic acids is 1. The van der Waals surface area contributed by atoms with Crippen molar-refractivity contribution in [2.24, 2.45) is 0 Å². The SMILES string of the molecule is COc1ccc(/C=C/C(=O)O[C@H](Cc2ccc(O)c(O)c2)C(=O)O)cc1O. The number of carbonyl (C=O) groups is 2. The molecule has 0 radical (unpaired) electrons. The van der Waals surface area contributed by atoms with Crippen LogP contribution in [-0.4, -0.2) is 45.6 Å². The van der Waals surface area contributed by atoms with E-state index in [1.165, 1.54) is 43.5 Å². The second-order valence-electron chi connectivity index (χ2n) is 5.56. The minimum absolute atomic E-state index is 0.108. The van der Waals surface area contributed by atoms with Gasteiger partial charge in [-0.2, -0.15) is 0 Å². The van der Waals surface area contributed by atoms with Crippen molar-refractivity contribution in [1.29, 1.82) is 0 Å². The Morgan fingerprint density at radius 3 is 2.37 bits per heavy atom. The van der Waals surface area contributed by atoms with Crippen LogP contribution < -0.4 is 4.74 Å². The van der Waals surface area contributed by atoms with E-state index in [0.29, 0.717) is 11.1 Å². The fraction of sp³-hybridized carbons (Fsp3) is 0.158. The summed E-state index contributed by atoms with van der Waals surface area (Å²) < 4.78 is 9.84. The smallest absolute Gasteiger partial charge is 0.345 e. The first-order chi connectivity index (χ1) is 12.8. The van der Waals surface area contributed by atoms with E-state index in [2.05, 4.69) is 0 Å². The van der Waals surface area contributed by atoms with E-state index in [1.807, 2.05) is 0 Å². The molecule has 8 nitrogen and oxygen atoms in total. The number of carboxylic acids is 1. The third-order valence-corrected chi connectivity index (χ3v) is 3.61. The number of hydrogen-bond acceptors (Lipinski definition) is 7. The van der Waals surface area contributed by atoms with Crippen molar-refractivity contribution in [3.05, 3.63) is 53.6 Å². The maximum atomic E-state index is 11.9. The monoisotopic (exact) mass is 374 g/mol. The Morgan fingerprint density at radius 2 is 1.78 bits per heavy atom. The van der Waals surface area contributed by atoms with Gasteiger partial charge in [0.1, 0.15) is 0 Å². The van der Waals surface area contributed by atoms with Crippen LogP contribution >= 0.6 is 0 Å². The minimum atomic E-state index is -1.48. The number of phenolic OH excluding ortho intramolecular Hbond substituents is 3. The van der Waals surface area contributed by atoms with Crippen molar-refractivity contribution in [2.75, 3.05) is 7.11 Å². The van der Waals surface area contributed by atoms with Gasteiger partial charge in [-0.1, -0.05) is 12.1 Å². The lowest BCUT2D eigenvalue weighted by molar-refractivity contribution is -0.160. The first-order valence-corrected chi connectivity index (χ1v) is 7.79. The van der Waals surface area contributed by atoms with Gasteiger partial charge in [0.05, 0.1) is 7.11 Å². The predicted octanol–water partition coefficient (Wildman–Crippen LogP) is 2.06. The predicted molar refractivity (Wildman–Crippen MR) is 94.7 cm³/mol. The maximum Gasteiger partial charge on any atom is 0.345 e. The van der Waals surface area contributed by atoms with Crippen LogP contribution in [0.1, 0.15) is 11.1 Å². The molecule has 27 heavy (non-hydrogen) atoms. The number of hydrogen-bond donors (Lipinski definition) is 4. The average Bonchev–Trinajstić information content (AvgIpc) is 2.62. The van der Waals surface area contributed by atoms with Gasteiger partial charge in [-0.15, -0.1) is 0 Å². The summed E-state index contributed by atoms with van der Waals surface area (Å²) in [6.45, 7) is 0. The van der Waals surface area contributed by atoms with Crippen LogP contribution in [0.25, 0.3) is 6.08 Å². The summed E-state index contributed by atoms with van der Waals surface area (Å²) in [5.74, 6) is -2.82. The Hall–Kier alpha value is -3.68. The number of ether oxygens (including phenoxy) is 2. The highest BCUT2D eigenvalue weighted by Gasteiger charge is 2.22. The zero-order valence-corrected chi connectivity index (χ0v) is 14.3. The van der Waals surface area contributed by atoms with Crippen molar-refractivity contribution in [3.8, 4) is 23.0 Å². The van der Waals surface area contributed by atoms with Gasteiger partial charge < -0.3 is 29.9 Å². The van der Waals surface area contributed by atoms with Gasteiger partial charge >= 0.3 is 11.9 Å². The highest BCUT2D eigenvalue weighted by Crippen LogP contribution is 2.27. The second kappa shape index (κ2) is 8.61. The molecule has 0 aliphatic heterocycles. The molecule has 142 valence electrons. The summed E-state index contributed by atoms with van der Waals surface area (Å²) >= 11 is 0. The number of aromatic hydroxyl groups is 3. The van der Waals surface area contributed by atoms with Crippen LogP contribution in [0.3, 0.4) is 0 Å². The summed E-state index contributed by atoms with van der Waals surface area (Å²) in [5, 5.41) is 37.7. The molecule has 8 heteroatoms. The molecular formula is C19H18O8. The van der Waals surface area contributed by atoms with E-state index in [1.54, 1.807) is 6.07 Å². The lowest BCUT2D eigenvalue weighted by Gasteiger charge is -2.13. The zero-order valence-electron chi connectivity index (χ0n) is 14.3. The van der Waals surface area contributed by atoms with Crippen LogP contribution in [0.2, 0.25) is 0 Å². The Labute approximate surface area is 154 Å². The van der Waals surface area contributed by atoms with Crippen LogP contribution in [-0.2, 0) is 20.7 Å². The molecule has 0 bridgehead atoms. The number of carboxylic acid groups (broad SMARTS) is 1. The summed E-state index contributed by atoms with van der Waals surface area (Å²) in [7, 11) is 1.40. The Bertz CT molecular complexity index is 872. The van der Waals surface area contributed by atoms with Gasteiger partial charge in [-0.25, -0.2) is 9.59 Å². The van der Waals surface area contributed by atoms with Crippen LogP contribution in [0.5, 0.6) is 23.0 Å². The molecule has 0 heterocycles. The van der Waals surface area contributed by atoms with Crippen molar-refractivity contribution >= 4 is 18.0 Å². The van der Waals surface area contributed by atoms with Crippen molar-refractivity contribution < 1.29 is 39.5 Å². The molecule has 4 N–H and O–H groups in total. The molecule has 2 aromatic rings. The first-order valence-electron chi connectivity index (χ1n) is 7.79. The molecule has 0 saturated heterocycles. The van der Waals surface area contributed by atoms with Crippen molar-refractivity contribution in [1.82, 2.24) is 0 Å². The Balaban J connectivity index is 2.04. The van der Waals surface area contributed by atoms with Crippen LogP contribution in [0, 0.1) is 0 Å². The topological polar surface area (TPSA) is 134 Å². The van der Waals surface area contributed by atoms with E-state index in [0.717, 1.165) is 6.08 Å². The molecule has 0 unspecified atom stereocenters. The van der Waals surface area contributed by atoms with E-state index in [-0.39, 0.29) is 23.7 Å². The quantitative estimate of drug-likeness (QED) is 0.329. The molecule has 0 aromatic heterocycles. The summed E-state index contributed by atoms with van der Waals surface area (Å²) in [5.41, 5.74) is 0.857. The zero-order chi connectivity index (χ0) is 20.0. The maximum absolute atomic E-state index is 11.9. The summed E-state index contributed by atoms with van der Waals surface area (Å²) in [6.07, 6.45) is 0.722. The van der Waals surface area contributed by atoms with Gasteiger partial charge in [-0.05, 0) is 41.5 Å². The fourth-order valence-corrected chi connectivity index (χ4v) is 2.24. The molecule has 0 saturated carbocycles. The number of carbonyl (C=O) groups excluding carboxylic acids is 1. The molecule has 0 fully saturated rings. The number of rotatable bonds is 7. The third-order valence-electron chi connectivity index (χ3n) is 3.61. The van der Waals surface area contributed by atoms with E-state index >= 15 is 0 Å². The minimum Gasteiger partial charge on any atom is -0.504 e. The third kappa shape index (κ3) is 5.40.